The van der Waals surface area contributed by atoms with Crippen LogP contribution in [0.5, 0.6) is 0 Å². The Balaban J connectivity index is 2.21. The minimum atomic E-state index is -0.332. The van der Waals surface area contributed by atoms with Gasteiger partial charge in [0, 0.05) is 6.42 Å². The molecule has 12 heavy (non-hydrogen) atoms. The topological polar surface area (TPSA) is 37.3 Å². The molecule has 0 aromatic rings. The summed E-state index contributed by atoms with van der Waals surface area (Å²) in [5.41, 5.74) is -0.293. The van der Waals surface area contributed by atoms with Crippen molar-refractivity contribution < 1.29 is 9.90 Å². The van der Waals surface area contributed by atoms with E-state index in [1.165, 1.54) is 0 Å². The lowest BCUT2D eigenvalue weighted by atomic mass is 9.70. The predicted octanol–water partition coefficient (Wildman–Crippen LogP) is 1.66. The number of hydrogen-bond donors (Lipinski definition) is 1. The summed E-state index contributed by atoms with van der Waals surface area (Å²) < 4.78 is 0. The molecule has 2 nitrogen and oxygen atoms in total. The third kappa shape index (κ3) is 1.01. The van der Waals surface area contributed by atoms with Crippen molar-refractivity contribution in [3.05, 3.63) is 0 Å². The Hall–Kier alpha value is -0.370. The molecule has 0 aromatic carbocycles. The molecule has 0 heterocycles. The molecule has 2 rings (SSSR count). The van der Waals surface area contributed by atoms with E-state index in [9.17, 15) is 9.90 Å². The Kier molecular flexibility index (Phi) is 1.95. The van der Waals surface area contributed by atoms with E-state index in [0.29, 0.717) is 12.2 Å². The van der Waals surface area contributed by atoms with E-state index < -0.39 is 0 Å². The first-order chi connectivity index (χ1) is 5.76. The number of Topliss-reactive ketones (excluding diaryl/α,β-unsaturated/α-hetero) is 1. The van der Waals surface area contributed by atoms with Gasteiger partial charge in [0.25, 0.3) is 0 Å². The van der Waals surface area contributed by atoms with Gasteiger partial charge in [0.05, 0.1) is 11.5 Å². The second-order valence-electron chi connectivity index (χ2n) is 4.19. The first-order valence-corrected chi connectivity index (χ1v) is 4.97. The summed E-state index contributed by atoms with van der Waals surface area (Å²) in [4.78, 5) is 11.6. The fourth-order valence-electron chi connectivity index (χ4n) is 2.79. The monoisotopic (exact) mass is 168 g/mol. The number of aliphatic hydroxyl groups excluding tert-OH is 1. The molecule has 1 N–H and O–H groups in total. The molecule has 0 saturated heterocycles. The van der Waals surface area contributed by atoms with E-state index in [-0.39, 0.29) is 11.5 Å². The largest absolute Gasteiger partial charge is 0.392 e. The zero-order chi connectivity index (χ0) is 8.60. The second-order valence-corrected chi connectivity index (χ2v) is 4.19. The maximum atomic E-state index is 11.6. The van der Waals surface area contributed by atoms with Crippen LogP contribution in [0.3, 0.4) is 0 Å². The fraction of sp³-hybridized carbons (Fsp3) is 0.900. The quantitative estimate of drug-likeness (QED) is 0.597. The number of carbonyl (C=O) groups is 1. The summed E-state index contributed by atoms with van der Waals surface area (Å²) in [6, 6.07) is 0. The summed E-state index contributed by atoms with van der Waals surface area (Å²) >= 11 is 0. The van der Waals surface area contributed by atoms with E-state index in [1.54, 1.807) is 0 Å². The Morgan fingerprint density at radius 3 is 2.58 bits per heavy atom. The normalized spacial score (nSPS) is 42.4. The van der Waals surface area contributed by atoms with E-state index in [4.69, 9.17) is 0 Å². The highest BCUT2D eigenvalue weighted by atomic mass is 16.3. The Morgan fingerprint density at radius 1 is 1.25 bits per heavy atom. The van der Waals surface area contributed by atoms with Gasteiger partial charge in [-0.3, -0.25) is 4.79 Å². The highest BCUT2D eigenvalue weighted by Crippen LogP contribution is 2.46. The van der Waals surface area contributed by atoms with Crippen LogP contribution in [-0.4, -0.2) is 17.0 Å². The molecular formula is C10H16O2. The van der Waals surface area contributed by atoms with Crippen LogP contribution >= 0.6 is 0 Å². The highest BCUT2D eigenvalue weighted by molar-refractivity contribution is 5.87. The first-order valence-electron chi connectivity index (χ1n) is 4.97. The van der Waals surface area contributed by atoms with Crippen LogP contribution in [0.4, 0.5) is 0 Å². The molecule has 2 aliphatic rings. The van der Waals surface area contributed by atoms with Gasteiger partial charge in [-0.2, -0.15) is 0 Å². The minimum absolute atomic E-state index is 0.293. The van der Waals surface area contributed by atoms with Crippen LogP contribution < -0.4 is 0 Å². The van der Waals surface area contributed by atoms with Gasteiger partial charge < -0.3 is 5.11 Å². The standard InChI is InChI=1S/C10H16O2/c11-8-4-1-2-6-10(8)7-3-5-9(10)12/h8,11H,1-7H2/t8-,10?/m0/s1. The average molecular weight is 168 g/mol. The third-order valence-electron chi connectivity index (χ3n) is 3.57. The molecule has 1 spiro atoms. The summed E-state index contributed by atoms with van der Waals surface area (Å²) in [6.45, 7) is 0. The van der Waals surface area contributed by atoms with E-state index in [1.807, 2.05) is 0 Å². The zero-order valence-corrected chi connectivity index (χ0v) is 7.38. The molecule has 0 bridgehead atoms. The lowest BCUT2D eigenvalue weighted by Gasteiger charge is -2.36. The third-order valence-corrected chi connectivity index (χ3v) is 3.57. The van der Waals surface area contributed by atoms with E-state index >= 15 is 0 Å². The van der Waals surface area contributed by atoms with Crippen LogP contribution in [-0.2, 0) is 4.79 Å². The number of carbonyl (C=O) groups excluding carboxylic acids is 1. The van der Waals surface area contributed by atoms with Gasteiger partial charge in [-0.1, -0.05) is 12.8 Å². The Labute approximate surface area is 73.0 Å². The summed E-state index contributed by atoms with van der Waals surface area (Å²) in [7, 11) is 0. The van der Waals surface area contributed by atoms with Crippen molar-refractivity contribution in [1.29, 1.82) is 0 Å². The van der Waals surface area contributed by atoms with E-state index in [0.717, 1.165) is 38.5 Å². The smallest absolute Gasteiger partial charge is 0.141 e. The van der Waals surface area contributed by atoms with Crippen LogP contribution in [0, 0.1) is 5.41 Å². The number of ketones is 1. The average Bonchev–Trinajstić information content (AvgIpc) is 2.41. The Bertz CT molecular complexity index is 200. The molecule has 0 aliphatic heterocycles. The van der Waals surface area contributed by atoms with Crippen molar-refractivity contribution in [1.82, 2.24) is 0 Å². The van der Waals surface area contributed by atoms with Gasteiger partial charge in [0.1, 0.15) is 5.78 Å². The van der Waals surface area contributed by atoms with Crippen LogP contribution in [0.1, 0.15) is 44.9 Å². The molecule has 68 valence electrons. The summed E-state index contributed by atoms with van der Waals surface area (Å²) in [5, 5.41) is 9.81. The van der Waals surface area contributed by atoms with Crippen molar-refractivity contribution in [3.63, 3.8) is 0 Å². The molecular weight excluding hydrogens is 152 g/mol. The van der Waals surface area contributed by atoms with Gasteiger partial charge in [-0.05, 0) is 25.7 Å². The molecule has 1 unspecified atom stereocenters. The van der Waals surface area contributed by atoms with Gasteiger partial charge in [0.2, 0.25) is 0 Å². The lowest BCUT2D eigenvalue weighted by Crippen LogP contribution is -2.41. The second kappa shape index (κ2) is 2.84. The SMILES string of the molecule is O=C1CCCC12CCCC[C@@H]2O. The highest BCUT2D eigenvalue weighted by Gasteiger charge is 2.48. The van der Waals surface area contributed by atoms with Crippen LogP contribution in [0.15, 0.2) is 0 Å². The lowest BCUT2D eigenvalue weighted by molar-refractivity contribution is -0.134. The van der Waals surface area contributed by atoms with E-state index in [2.05, 4.69) is 0 Å². The Morgan fingerprint density at radius 2 is 2.00 bits per heavy atom. The number of hydrogen-bond acceptors (Lipinski definition) is 2. The predicted molar refractivity (Wildman–Crippen MR) is 45.8 cm³/mol. The van der Waals surface area contributed by atoms with Gasteiger partial charge >= 0.3 is 0 Å². The molecule has 2 saturated carbocycles. The molecule has 2 atom stereocenters. The maximum Gasteiger partial charge on any atom is 0.141 e. The van der Waals surface area contributed by atoms with Crippen molar-refractivity contribution >= 4 is 5.78 Å². The molecule has 0 amide bonds. The van der Waals surface area contributed by atoms with Gasteiger partial charge in [-0.25, -0.2) is 0 Å². The van der Waals surface area contributed by atoms with Crippen molar-refractivity contribution in [3.8, 4) is 0 Å². The molecule has 0 aromatic heterocycles. The zero-order valence-electron chi connectivity index (χ0n) is 7.38. The maximum absolute atomic E-state index is 11.6. The van der Waals surface area contributed by atoms with Gasteiger partial charge in [0.15, 0.2) is 0 Å². The first kappa shape index (κ1) is 8.24. The molecule has 2 fully saturated rings. The molecule has 2 aliphatic carbocycles. The summed E-state index contributed by atoms with van der Waals surface area (Å²) in [6.07, 6.45) is 6.30. The van der Waals surface area contributed by atoms with Gasteiger partial charge in [-0.15, -0.1) is 0 Å². The number of aliphatic hydroxyl groups is 1. The van der Waals surface area contributed by atoms with Crippen molar-refractivity contribution in [2.75, 3.05) is 0 Å². The number of rotatable bonds is 0. The minimum Gasteiger partial charge on any atom is -0.392 e. The van der Waals surface area contributed by atoms with Crippen LogP contribution in [0.25, 0.3) is 0 Å². The molecule has 0 radical (unpaired) electrons. The van der Waals surface area contributed by atoms with Crippen molar-refractivity contribution in [2.45, 2.75) is 51.0 Å². The molecule has 2 heteroatoms. The fourth-order valence-corrected chi connectivity index (χ4v) is 2.79. The van der Waals surface area contributed by atoms with Crippen molar-refractivity contribution in [2.24, 2.45) is 5.41 Å². The van der Waals surface area contributed by atoms with Crippen LogP contribution in [0.2, 0.25) is 0 Å². The summed E-state index contributed by atoms with van der Waals surface area (Å²) in [5.74, 6) is 0.328.